The molecule has 1 unspecified atom stereocenters. The predicted octanol–water partition coefficient (Wildman–Crippen LogP) is 4.12. The van der Waals surface area contributed by atoms with Crippen LogP contribution in [0.5, 0.6) is 0 Å². The molecule has 100 valence electrons. The smallest absolute Gasteiger partial charge is 0.161 e. The molecule has 0 heterocycles. The van der Waals surface area contributed by atoms with Gasteiger partial charge in [0.1, 0.15) is 6.10 Å². The van der Waals surface area contributed by atoms with Gasteiger partial charge in [-0.3, -0.25) is 4.79 Å². The molecule has 0 radical (unpaired) electrons. The van der Waals surface area contributed by atoms with Gasteiger partial charge in [0, 0.05) is 13.5 Å². The third-order valence-electron chi connectivity index (χ3n) is 3.65. The lowest BCUT2D eigenvalue weighted by molar-refractivity contribution is -0.130. The molecule has 1 fully saturated rings. The summed E-state index contributed by atoms with van der Waals surface area (Å²) in [5, 5.41) is 0. The fraction of sp³-hybridized carbons (Fsp3) is 0.933. The molecule has 1 atom stereocenters. The first-order valence-corrected chi connectivity index (χ1v) is 7.35. The van der Waals surface area contributed by atoms with E-state index in [-0.39, 0.29) is 6.10 Å². The Morgan fingerprint density at radius 2 is 1.71 bits per heavy atom. The Morgan fingerprint density at radius 1 is 1.12 bits per heavy atom. The number of methoxy groups -OCH3 is 1. The Balaban J connectivity index is 1.96. The van der Waals surface area contributed by atoms with Gasteiger partial charge in [-0.2, -0.15) is 0 Å². The van der Waals surface area contributed by atoms with Gasteiger partial charge in [0.05, 0.1) is 0 Å². The maximum atomic E-state index is 11.9. The highest BCUT2D eigenvalue weighted by molar-refractivity contribution is 5.83. The van der Waals surface area contributed by atoms with Crippen LogP contribution in [0.4, 0.5) is 0 Å². The summed E-state index contributed by atoms with van der Waals surface area (Å²) in [7, 11) is 1.67. The van der Waals surface area contributed by atoms with Crippen molar-refractivity contribution in [3.05, 3.63) is 0 Å². The second-order valence-electron chi connectivity index (χ2n) is 5.33. The van der Waals surface area contributed by atoms with E-state index < -0.39 is 0 Å². The van der Waals surface area contributed by atoms with Crippen molar-refractivity contribution in [1.82, 2.24) is 0 Å². The molecule has 1 aliphatic carbocycles. The van der Waals surface area contributed by atoms with Crippen LogP contribution in [-0.4, -0.2) is 19.0 Å². The van der Waals surface area contributed by atoms with Gasteiger partial charge in [-0.1, -0.05) is 45.4 Å². The number of carbonyl (C=O) groups excluding carboxylic acids is 1. The van der Waals surface area contributed by atoms with Crippen LogP contribution in [0.3, 0.4) is 0 Å². The largest absolute Gasteiger partial charge is 0.373 e. The molecule has 0 bridgehead atoms. The lowest BCUT2D eigenvalue weighted by Gasteiger charge is -2.12. The first-order chi connectivity index (χ1) is 8.29. The SMILES string of the molecule is CCCCCCCCCC(=O)C(OC)C1CC1. The van der Waals surface area contributed by atoms with Gasteiger partial charge >= 0.3 is 0 Å². The lowest BCUT2D eigenvalue weighted by Crippen LogP contribution is -2.24. The van der Waals surface area contributed by atoms with Crippen molar-refractivity contribution in [3.8, 4) is 0 Å². The number of ether oxygens (including phenoxy) is 1. The summed E-state index contributed by atoms with van der Waals surface area (Å²) in [6.45, 7) is 2.24. The third-order valence-corrected chi connectivity index (χ3v) is 3.65. The molecule has 0 spiro atoms. The molecule has 0 aromatic carbocycles. The van der Waals surface area contributed by atoms with E-state index in [2.05, 4.69) is 6.92 Å². The van der Waals surface area contributed by atoms with Gasteiger partial charge in [-0.15, -0.1) is 0 Å². The summed E-state index contributed by atoms with van der Waals surface area (Å²) in [5.41, 5.74) is 0. The minimum atomic E-state index is -0.0879. The van der Waals surface area contributed by atoms with Crippen molar-refractivity contribution in [2.45, 2.75) is 77.2 Å². The minimum absolute atomic E-state index is 0.0879. The van der Waals surface area contributed by atoms with Crippen LogP contribution in [0.25, 0.3) is 0 Å². The molecule has 0 saturated heterocycles. The van der Waals surface area contributed by atoms with Crippen LogP contribution in [0, 0.1) is 5.92 Å². The number of carbonyl (C=O) groups is 1. The lowest BCUT2D eigenvalue weighted by atomic mass is 10.0. The monoisotopic (exact) mass is 240 g/mol. The first-order valence-electron chi connectivity index (χ1n) is 7.35. The Labute approximate surface area is 106 Å². The van der Waals surface area contributed by atoms with Crippen molar-refractivity contribution < 1.29 is 9.53 Å². The van der Waals surface area contributed by atoms with E-state index >= 15 is 0 Å². The molecule has 0 amide bonds. The number of ketones is 1. The van der Waals surface area contributed by atoms with Crippen LogP contribution in [0.15, 0.2) is 0 Å². The molecule has 0 N–H and O–H groups in total. The minimum Gasteiger partial charge on any atom is -0.373 e. The second-order valence-corrected chi connectivity index (χ2v) is 5.33. The normalized spacial score (nSPS) is 17.1. The maximum Gasteiger partial charge on any atom is 0.161 e. The van der Waals surface area contributed by atoms with Crippen LogP contribution >= 0.6 is 0 Å². The van der Waals surface area contributed by atoms with E-state index in [1.54, 1.807) is 7.11 Å². The molecule has 0 aliphatic heterocycles. The van der Waals surface area contributed by atoms with E-state index in [9.17, 15) is 4.79 Å². The van der Waals surface area contributed by atoms with Crippen LogP contribution in [0.2, 0.25) is 0 Å². The van der Waals surface area contributed by atoms with Crippen molar-refractivity contribution >= 4 is 5.78 Å². The number of hydrogen-bond acceptors (Lipinski definition) is 2. The summed E-state index contributed by atoms with van der Waals surface area (Å²) in [6, 6.07) is 0. The number of Topliss-reactive ketones (excluding diaryl/α,β-unsaturated/α-hetero) is 1. The number of rotatable bonds is 11. The fourth-order valence-corrected chi connectivity index (χ4v) is 2.38. The number of hydrogen-bond donors (Lipinski definition) is 0. The third kappa shape index (κ3) is 6.21. The Bertz CT molecular complexity index is 209. The molecule has 1 saturated carbocycles. The fourth-order valence-electron chi connectivity index (χ4n) is 2.38. The maximum absolute atomic E-state index is 11.9. The summed E-state index contributed by atoms with van der Waals surface area (Å²) < 4.78 is 5.30. The van der Waals surface area contributed by atoms with Crippen molar-refractivity contribution in [2.75, 3.05) is 7.11 Å². The van der Waals surface area contributed by atoms with Crippen molar-refractivity contribution in [3.63, 3.8) is 0 Å². The molecule has 0 aromatic rings. The summed E-state index contributed by atoms with van der Waals surface area (Å²) in [6.07, 6.45) is 11.9. The standard InChI is InChI=1S/C15H28O2/c1-3-4-5-6-7-8-9-10-14(16)15(17-2)13-11-12-13/h13,15H,3-12H2,1-2H3. The summed E-state index contributed by atoms with van der Waals surface area (Å²) in [5.74, 6) is 0.876. The van der Waals surface area contributed by atoms with Gasteiger partial charge in [0.25, 0.3) is 0 Å². The van der Waals surface area contributed by atoms with Gasteiger partial charge in [-0.25, -0.2) is 0 Å². The molecule has 1 rings (SSSR count). The van der Waals surface area contributed by atoms with Gasteiger partial charge in [0.15, 0.2) is 5.78 Å². The summed E-state index contributed by atoms with van der Waals surface area (Å²) >= 11 is 0. The molecule has 2 heteroatoms. The summed E-state index contributed by atoms with van der Waals surface area (Å²) in [4.78, 5) is 11.9. The predicted molar refractivity (Wildman–Crippen MR) is 71.1 cm³/mol. The Kier molecular flexibility index (Phi) is 7.50. The van der Waals surface area contributed by atoms with Gasteiger partial charge < -0.3 is 4.74 Å². The van der Waals surface area contributed by atoms with E-state index in [0.717, 1.165) is 12.8 Å². The van der Waals surface area contributed by atoms with E-state index in [0.29, 0.717) is 11.7 Å². The zero-order valence-corrected chi connectivity index (χ0v) is 11.5. The quantitative estimate of drug-likeness (QED) is 0.508. The van der Waals surface area contributed by atoms with Gasteiger partial charge in [-0.05, 0) is 25.2 Å². The van der Waals surface area contributed by atoms with E-state index in [1.165, 1.54) is 51.4 Å². The van der Waals surface area contributed by atoms with Crippen LogP contribution in [0.1, 0.15) is 71.1 Å². The number of unbranched alkanes of at least 4 members (excludes halogenated alkanes) is 6. The molecule has 1 aliphatic rings. The highest BCUT2D eigenvalue weighted by atomic mass is 16.5. The molecule has 17 heavy (non-hydrogen) atoms. The Hall–Kier alpha value is -0.370. The van der Waals surface area contributed by atoms with E-state index in [1.807, 2.05) is 0 Å². The average molecular weight is 240 g/mol. The van der Waals surface area contributed by atoms with Crippen molar-refractivity contribution in [1.29, 1.82) is 0 Å². The first kappa shape index (κ1) is 14.7. The molecule has 2 nitrogen and oxygen atoms in total. The second kappa shape index (κ2) is 8.68. The zero-order chi connectivity index (χ0) is 12.5. The average Bonchev–Trinajstić information content (AvgIpc) is 3.13. The highest BCUT2D eigenvalue weighted by Crippen LogP contribution is 2.35. The molecular formula is C15H28O2. The zero-order valence-electron chi connectivity index (χ0n) is 11.5. The molecule has 0 aromatic heterocycles. The topological polar surface area (TPSA) is 26.3 Å². The van der Waals surface area contributed by atoms with Crippen LogP contribution < -0.4 is 0 Å². The Morgan fingerprint density at radius 3 is 2.24 bits per heavy atom. The highest BCUT2D eigenvalue weighted by Gasteiger charge is 2.35. The van der Waals surface area contributed by atoms with Gasteiger partial charge in [0.2, 0.25) is 0 Å². The van der Waals surface area contributed by atoms with Crippen molar-refractivity contribution in [2.24, 2.45) is 5.92 Å². The van der Waals surface area contributed by atoms with E-state index in [4.69, 9.17) is 4.74 Å². The van der Waals surface area contributed by atoms with Crippen LogP contribution in [-0.2, 0) is 9.53 Å². The molecular weight excluding hydrogens is 212 g/mol.